The molecule has 0 radical (unpaired) electrons. The molecule has 0 fully saturated rings. The van der Waals surface area contributed by atoms with Crippen molar-refractivity contribution in [2.24, 2.45) is 0 Å². The highest BCUT2D eigenvalue weighted by atomic mass is 32.2. The lowest BCUT2D eigenvalue weighted by atomic mass is 10.0. The van der Waals surface area contributed by atoms with Crippen molar-refractivity contribution in [2.75, 3.05) is 7.05 Å². The van der Waals surface area contributed by atoms with Gasteiger partial charge in [0.05, 0.1) is 0 Å². The normalized spacial score (nSPS) is 13.8. The first-order chi connectivity index (χ1) is 7.40. The molecule has 1 rings (SSSR count). The summed E-state index contributed by atoms with van der Waals surface area (Å²) in [7, 11) is -1.80. The molecule has 0 N–H and O–H groups in total. The maximum atomic E-state index is 11.6. The maximum absolute atomic E-state index is 11.6. The number of hydrogen-bond acceptors (Lipinski definition) is 2. The Morgan fingerprint density at radius 3 is 2.44 bits per heavy atom. The second kappa shape index (κ2) is 4.80. The van der Waals surface area contributed by atoms with E-state index in [-0.39, 0.29) is 6.04 Å². The number of sulfonamides is 1. The van der Waals surface area contributed by atoms with Gasteiger partial charge in [0.1, 0.15) is 0 Å². The molecule has 1 atom stereocenters. The third-order valence-electron chi connectivity index (χ3n) is 2.80. The van der Waals surface area contributed by atoms with Gasteiger partial charge in [0.15, 0.2) is 0 Å². The second-order valence-corrected chi connectivity index (χ2v) is 5.70. The van der Waals surface area contributed by atoms with Crippen LogP contribution < -0.4 is 0 Å². The summed E-state index contributed by atoms with van der Waals surface area (Å²) in [6.07, 6.45) is 0. The molecule has 0 aliphatic carbocycles. The van der Waals surface area contributed by atoms with Gasteiger partial charge in [-0.1, -0.05) is 30.8 Å². The number of rotatable bonds is 4. The van der Waals surface area contributed by atoms with Gasteiger partial charge in [-0.05, 0) is 25.0 Å². The van der Waals surface area contributed by atoms with Crippen LogP contribution in [0.3, 0.4) is 0 Å². The molecule has 4 heteroatoms. The largest absolute Gasteiger partial charge is 0.235 e. The summed E-state index contributed by atoms with van der Waals surface area (Å²) in [5, 5.41) is 0.974. The van der Waals surface area contributed by atoms with Crippen LogP contribution in [0.4, 0.5) is 0 Å². The second-order valence-electron chi connectivity index (χ2n) is 3.76. The van der Waals surface area contributed by atoms with Gasteiger partial charge >= 0.3 is 0 Å². The van der Waals surface area contributed by atoms with Crippen molar-refractivity contribution in [2.45, 2.75) is 19.9 Å². The van der Waals surface area contributed by atoms with Crippen LogP contribution in [0.2, 0.25) is 0 Å². The van der Waals surface area contributed by atoms with Crippen molar-refractivity contribution in [3.63, 3.8) is 0 Å². The summed E-state index contributed by atoms with van der Waals surface area (Å²) in [5.74, 6) is 0. The van der Waals surface area contributed by atoms with Crippen LogP contribution in [-0.4, -0.2) is 19.8 Å². The average molecular weight is 239 g/mol. The fraction of sp³-hybridized carbons (Fsp3) is 0.333. The number of aryl methyl sites for hydroxylation is 1. The van der Waals surface area contributed by atoms with E-state index in [0.717, 1.165) is 16.5 Å². The summed E-state index contributed by atoms with van der Waals surface area (Å²) in [4.78, 5) is 0. The first-order valence-electron chi connectivity index (χ1n) is 5.06. The summed E-state index contributed by atoms with van der Waals surface area (Å²) < 4.78 is 24.6. The molecule has 0 unspecified atom stereocenters. The number of nitrogens with zero attached hydrogens (tertiary/aromatic N) is 1. The molecule has 0 spiro atoms. The number of benzene rings is 1. The van der Waals surface area contributed by atoms with Crippen molar-refractivity contribution in [3.05, 3.63) is 47.4 Å². The van der Waals surface area contributed by atoms with Gasteiger partial charge in [-0.2, -0.15) is 4.31 Å². The highest BCUT2D eigenvalue weighted by molar-refractivity contribution is 7.92. The summed E-state index contributed by atoms with van der Waals surface area (Å²) in [5.41, 5.74) is 2.09. The Bertz CT molecular complexity index is 480. The van der Waals surface area contributed by atoms with Crippen LogP contribution in [0.15, 0.2) is 36.3 Å². The monoisotopic (exact) mass is 239 g/mol. The zero-order chi connectivity index (χ0) is 12.3. The molecule has 0 saturated carbocycles. The SMILES string of the molecule is C=CS(=O)(=O)N(C)[C@H](C)c1ccccc1C. The van der Waals surface area contributed by atoms with Crippen LogP contribution in [0.1, 0.15) is 24.1 Å². The van der Waals surface area contributed by atoms with Gasteiger partial charge in [0, 0.05) is 18.5 Å². The van der Waals surface area contributed by atoms with Crippen molar-refractivity contribution in [1.29, 1.82) is 0 Å². The zero-order valence-corrected chi connectivity index (χ0v) is 10.7. The highest BCUT2D eigenvalue weighted by Gasteiger charge is 2.22. The average Bonchev–Trinajstić information content (AvgIpc) is 2.27. The molecule has 0 heterocycles. The molecule has 88 valence electrons. The first kappa shape index (κ1) is 12.9. The summed E-state index contributed by atoms with van der Waals surface area (Å²) >= 11 is 0. The predicted octanol–water partition coefficient (Wildman–Crippen LogP) is 2.46. The fourth-order valence-electron chi connectivity index (χ4n) is 1.59. The van der Waals surface area contributed by atoms with E-state index in [4.69, 9.17) is 0 Å². The van der Waals surface area contributed by atoms with Crippen molar-refractivity contribution in [1.82, 2.24) is 4.31 Å². The molecule has 0 saturated heterocycles. The Hall–Kier alpha value is -1.13. The lowest BCUT2D eigenvalue weighted by Gasteiger charge is -2.24. The molecule has 0 aliphatic rings. The molecular formula is C12H17NO2S. The molecule has 0 amide bonds. The van der Waals surface area contributed by atoms with Crippen LogP contribution in [0, 0.1) is 6.92 Å². The van der Waals surface area contributed by atoms with E-state index in [2.05, 4.69) is 6.58 Å². The third-order valence-corrected chi connectivity index (χ3v) is 4.34. The third kappa shape index (κ3) is 2.51. The van der Waals surface area contributed by atoms with E-state index >= 15 is 0 Å². The molecule has 0 bridgehead atoms. The molecule has 0 aliphatic heterocycles. The summed E-state index contributed by atoms with van der Waals surface area (Å²) in [6, 6.07) is 7.57. The molecule has 1 aromatic rings. The van der Waals surface area contributed by atoms with E-state index in [9.17, 15) is 8.42 Å². The van der Waals surface area contributed by atoms with Crippen molar-refractivity contribution in [3.8, 4) is 0 Å². The predicted molar refractivity (Wildman–Crippen MR) is 66.5 cm³/mol. The van der Waals surface area contributed by atoms with Gasteiger partial charge in [0.2, 0.25) is 10.0 Å². The van der Waals surface area contributed by atoms with Gasteiger partial charge in [-0.3, -0.25) is 0 Å². The smallest absolute Gasteiger partial charge is 0.208 e. The van der Waals surface area contributed by atoms with Gasteiger partial charge in [-0.25, -0.2) is 8.42 Å². The van der Waals surface area contributed by atoms with Gasteiger partial charge in [0.25, 0.3) is 0 Å². The standard InChI is InChI=1S/C12H17NO2S/c1-5-16(14,15)13(4)11(3)12-9-7-6-8-10(12)2/h5-9,11H,1H2,2-4H3/t11-/m1/s1. The Morgan fingerprint density at radius 1 is 1.38 bits per heavy atom. The van der Waals surface area contributed by atoms with E-state index in [0.29, 0.717) is 0 Å². The Kier molecular flexibility index (Phi) is 3.88. The molecule has 3 nitrogen and oxygen atoms in total. The van der Waals surface area contributed by atoms with Crippen LogP contribution >= 0.6 is 0 Å². The van der Waals surface area contributed by atoms with Crippen LogP contribution in [0.5, 0.6) is 0 Å². The zero-order valence-electron chi connectivity index (χ0n) is 9.84. The lowest BCUT2D eigenvalue weighted by molar-refractivity contribution is 0.403. The topological polar surface area (TPSA) is 37.4 Å². The van der Waals surface area contributed by atoms with E-state index < -0.39 is 10.0 Å². The highest BCUT2D eigenvalue weighted by Crippen LogP contribution is 2.24. The molecule has 1 aromatic carbocycles. The minimum atomic E-state index is -3.37. The fourth-order valence-corrected chi connectivity index (χ4v) is 2.38. The Morgan fingerprint density at radius 2 is 1.94 bits per heavy atom. The molecule has 0 aromatic heterocycles. The van der Waals surface area contributed by atoms with Gasteiger partial charge < -0.3 is 0 Å². The quantitative estimate of drug-likeness (QED) is 0.809. The van der Waals surface area contributed by atoms with Crippen LogP contribution in [-0.2, 0) is 10.0 Å². The van der Waals surface area contributed by atoms with E-state index in [1.165, 1.54) is 4.31 Å². The van der Waals surface area contributed by atoms with Crippen molar-refractivity contribution >= 4 is 10.0 Å². The first-order valence-corrected chi connectivity index (χ1v) is 6.56. The van der Waals surface area contributed by atoms with Gasteiger partial charge in [-0.15, -0.1) is 0 Å². The van der Waals surface area contributed by atoms with E-state index in [1.807, 2.05) is 38.1 Å². The minimum absolute atomic E-state index is 0.191. The number of hydrogen-bond donors (Lipinski definition) is 0. The van der Waals surface area contributed by atoms with Crippen LogP contribution in [0.25, 0.3) is 0 Å². The van der Waals surface area contributed by atoms with E-state index in [1.54, 1.807) is 7.05 Å². The minimum Gasteiger partial charge on any atom is -0.208 e. The Balaban J connectivity index is 3.09. The molecule has 16 heavy (non-hydrogen) atoms. The maximum Gasteiger partial charge on any atom is 0.235 e. The molecular weight excluding hydrogens is 222 g/mol. The summed E-state index contributed by atoms with van der Waals surface area (Å²) in [6.45, 7) is 7.16. The lowest BCUT2D eigenvalue weighted by Crippen LogP contribution is -2.28. The Labute approximate surface area is 97.5 Å². The van der Waals surface area contributed by atoms with Crippen molar-refractivity contribution < 1.29 is 8.42 Å².